The lowest BCUT2D eigenvalue weighted by molar-refractivity contribution is 0.0698. The van der Waals surface area contributed by atoms with Gasteiger partial charge in [0, 0.05) is 14.5 Å². The average Bonchev–Trinajstić information content (AvgIpc) is 2.69. The van der Waals surface area contributed by atoms with Gasteiger partial charge in [0.25, 0.3) is 0 Å². The van der Waals surface area contributed by atoms with E-state index >= 15 is 0 Å². The highest BCUT2D eigenvalue weighted by Gasteiger charge is 2.14. The zero-order valence-corrected chi connectivity index (χ0v) is 16.2. The number of nitrogens with one attached hydrogen (secondary N) is 1. The Kier molecular flexibility index (Phi) is 4.72. The summed E-state index contributed by atoms with van der Waals surface area (Å²) in [6.45, 7) is 0. The topological polar surface area (TPSA) is 75.1 Å². The van der Waals surface area contributed by atoms with E-state index in [2.05, 4.69) is 37.9 Å². The molecule has 0 spiro atoms. The van der Waals surface area contributed by atoms with Crippen molar-refractivity contribution in [3.63, 3.8) is 0 Å². The molecule has 0 fully saturated rings. The molecule has 0 aliphatic heterocycles. The highest BCUT2D eigenvalue weighted by atomic mass is 127. The van der Waals surface area contributed by atoms with Crippen LogP contribution in [0.4, 0.5) is 11.5 Å². The summed E-state index contributed by atoms with van der Waals surface area (Å²) in [4.78, 5) is 20.9. The molecule has 2 N–H and O–H groups in total. The number of rotatable bonds is 4. The number of halogens is 1. The summed E-state index contributed by atoms with van der Waals surface area (Å²) in [7, 11) is 0. The van der Waals surface area contributed by atoms with Crippen LogP contribution in [-0.4, -0.2) is 21.0 Å². The van der Waals surface area contributed by atoms with Crippen LogP contribution in [0.5, 0.6) is 0 Å². The molecule has 0 aliphatic carbocycles. The van der Waals surface area contributed by atoms with Gasteiger partial charge in [-0.1, -0.05) is 42.5 Å². The van der Waals surface area contributed by atoms with E-state index in [-0.39, 0.29) is 5.56 Å². The minimum absolute atomic E-state index is 0.191. The Labute approximate surface area is 169 Å². The van der Waals surface area contributed by atoms with Gasteiger partial charge in [0.2, 0.25) is 0 Å². The smallest absolute Gasteiger partial charge is 0.337 e. The number of carboxylic acid groups (broad SMARTS) is 1. The monoisotopic (exact) mass is 467 g/mol. The molecule has 5 nitrogen and oxygen atoms in total. The quantitative estimate of drug-likeness (QED) is 0.397. The lowest BCUT2D eigenvalue weighted by Gasteiger charge is -2.13. The highest BCUT2D eigenvalue weighted by molar-refractivity contribution is 14.1. The average molecular weight is 467 g/mol. The van der Waals surface area contributed by atoms with Crippen LogP contribution in [-0.2, 0) is 0 Å². The highest BCUT2D eigenvalue weighted by Crippen LogP contribution is 2.29. The molecule has 1 heterocycles. The molecular formula is C21H14IN3O2. The summed E-state index contributed by atoms with van der Waals surface area (Å²) in [5.41, 5.74) is 2.37. The van der Waals surface area contributed by atoms with E-state index in [1.807, 2.05) is 48.5 Å². The second kappa shape index (κ2) is 7.32. The van der Waals surface area contributed by atoms with E-state index in [0.717, 1.165) is 20.0 Å². The number of aromatic carboxylic acids is 1. The van der Waals surface area contributed by atoms with Gasteiger partial charge in [-0.05, 0) is 52.9 Å². The van der Waals surface area contributed by atoms with Crippen LogP contribution in [0, 0.1) is 3.57 Å². The zero-order chi connectivity index (χ0) is 18.8. The van der Waals surface area contributed by atoms with E-state index in [1.165, 1.54) is 0 Å². The van der Waals surface area contributed by atoms with Crippen molar-refractivity contribution < 1.29 is 9.90 Å². The molecule has 0 saturated carbocycles. The van der Waals surface area contributed by atoms with Gasteiger partial charge in [-0.25, -0.2) is 14.8 Å². The molecule has 3 aromatic carbocycles. The van der Waals surface area contributed by atoms with Gasteiger partial charge in [0.15, 0.2) is 5.82 Å². The molecule has 0 saturated heterocycles. The summed E-state index contributed by atoms with van der Waals surface area (Å²) >= 11 is 2.24. The molecule has 0 amide bonds. The molecule has 4 aromatic rings. The maximum absolute atomic E-state index is 11.5. The van der Waals surface area contributed by atoms with Crippen molar-refractivity contribution in [2.45, 2.75) is 0 Å². The lowest BCUT2D eigenvalue weighted by atomic mass is 10.1. The fourth-order valence-corrected chi connectivity index (χ4v) is 3.31. The molecule has 0 aliphatic rings. The minimum Gasteiger partial charge on any atom is -0.478 e. The third-order valence-electron chi connectivity index (χ3n) is 4.10. The number of anilines is 2. The summed E-state index contributed by atoms with van der Waals surface area (Å²) in [5, 5.41) is 13.5. The fourth-order valence-electron chi connectivity index (χ4n) is 2.82. The molecule has 6 heteroatoms. The molecule has 0 bridgehead atoms. The third kappa shape index (κ3) is 3.61. The zero-order valence-electron chi connectivity index (χ0n) is 14.1. The van der Waals surface area contributed by atoms with Crippen molar-refractivity contribution in [2.24, 2.45) is 0 Å². The van der Waals surface area contributed by atoms with Crippen LogP contribution >= 0.6 is 22.6 Å². The first-order chi connectivity index (χ1) is 13.1. The molecule has 0 unspecified atom stereocenters. The molecule has 27 heavy (non-hydrogen) atoms. The minimum atomic E-state index is -0.991. The van der Waals surface area contributed by atoms with E-state index in [9.17, 15) is 9.90 Å². The Morgan fingerprint density at radius 3 is 2.44 bits per heavy atom. The SMILES string of the molecule is O=C(O)c1ccccc1Nc1nc(-c2ccccc2)nc2ccc(I)cc12. The Morgan fingerprint density at radius 1 is 0.926 bits per heavy atom. The number of hydrogen-bond acceptors (Lipinski definition) is 4. The molecule has 4 rings (SSSR count). The molecule has 1 aromatic heterocycles. The maximum atomic E-state index is 11.5. The first kappa shape index (κ1) is 17.4. The van der Waals surface area contributed by atoms with E-state index in [0.29, 0.717) is 17.3 Å². The van der Waals surface area contributed by atoms with Gasteiger partial charge in [0.1, 0.15) is 5.82 Å². The van der Waals surface area contributed by atoms with Gasteiger partial charge < -0.3 is 10.4 Å². The number of carboxylic acids is 1. The Bertz CT molecular complexity index is 1150. The van der Waals surface area contributed by atoms with Crippen LogP contribution in [0.3, 0.4) is 0 Å². The van der Waals surface area contributed by atoms with Crippen molar-refractivity contribution >= 4 is 51.0 Å². The van der Waals surface area contributed by atoms with Crippen LogP contribution in [0.15, 0.2) is 72.8 Å². The van der Waals surface area contributed by atoms with Gasteiger partial charge in [0.05, 0.1) is 16.8 Å². The van der Waals surface area contributed by atoms with Crippen molar-refractivity contribution in [1.82, 2.24) is 9.97 Å². The van der Waals surface area contributed by atoms with Gasteiger partial charge in [-0.3, -0.25) is 0 Å². The Morgan fingerprint density at radius 2 is 1.67 bits per heavy atom. The van der Waals surface area contributed by atoms with E-state index in [1.54, 1.807) is 24.3 Å². The molecule has 0 atom stereocenters. The predicted octanol–water partition coefficient (Wildman–Crippen LogP) is 5.34. The summed E-state index contributed by atoms with van der Waals surface area (Å²) in [6, 6.07) is 22.4. The largest absolute Gasteiger partial charge is 0.478 e. The second-order valence-corrected chi connectivity index (χ2v) is 7.14. The maximum Gasteiger partial charge on any atom is 0.337 e. The van der Waals surface area contributed by atoms with E-state index < -0.39 is 5.97 Å². The standard InChI is InChI=1S/C21H14IN3O2/c22-14-10-11-18-16(12-14)20(24-17-9-5-4-8-15(17)21(26)27)25-19(23-18)13-6-2-1-3-7-13/h1-12H,(H,26,27)(H,23,24,25). The fraction of sp³-hybridized carbons (Fsp3) is 0. The normalized spacial score (nSPS) is 10.7. The number of nitrogens with zero attached hydrogens (tertiary/aromatic N) is 2. The second-order valence-electron chi connectivity index (χ2n) is 5.90. The Balaban J connectivity index is 1.91. The number of para-hydroxylation sites is 1. The number of hydrogen-bond donors (Lipinski definition) is 2. The van der Waals surface area contributed by atoms with Crippen molar-refractivity contribution in [3.05, 3.63) is 81.9 Å². The number of aromatic nitrogens is 2. The van der Waals surface area contributed by atoms with Crippen molar-refractivity contribution in [2.75, 3.05) is 5.32 Å². The van der Waals surface area contributed by atoms with Gasteiger partial charge in [-0.2, -0.15) is 0 Å². The van der Waals surface area contributed by atoms with Crippen LogP contribution in [0.2, 0.25) is 0 Å². The third-order valence-corrected chi connectivity index (χ3v) is 4.77. The van der Waals surface area contributed by atoms with Crippen LogP contribution in [0.25, 0.3) is 22.3 Å². The van der Waals surface area contributed by atoms with Gasteiger partial charge in [-0.15, -0.1) is 0 Å². The van der Waals surface area contributed by atoms with Crippen molar-refractivity contribution in [1.29, 1.82) is 0 Å². The Hall–Kier alpha value is -3.00. The van der Waals surface area contributed by atoms with E-state index in [4.69, 9.17) is 0 Å². The molecular weight excluding hydrogens is 453 g/mol. The summed E-state index contributed by atoms with van der Waals surface area (Å²) in [5.74, 6) is 0.167. The summed E-state index contributed by atoms with van der Waals surface area (Å²) in [6.07, 6.45) is 0. The molecule has 0 radical (unpaired) electrons. The lowest BCUT2D eigenvalue weighted by Crippen LogP contribution is -2.05. The summed E-state index contributed by atoms with van der Waals surface area (Å²) < 4.78 is 1.05. The number of carbonyl (C=O) groups is 1. The predicted molar refractivity (Wildman–Crippen MR) is 114 cm³/mol. The first-order valence-corrected chi connectivity index (χ1v) is 9.32. The van der Waals surface area contributed by atoms with Crippen LogP contribution < -0.4 is 5.32 Å². The van der Waals surface area contributed by atoms with Gasteiger partial charge >= 0.3 is 5.97 Å². The number of fused-ring (bicyclic) bond motifs is 1. The number of benzene rings is 3. The molecule has 132 valence electrons. The van der Waals surface area contributed by atoms with Crippen molar-refractivity contribution in [3.8, 4) is 11.4 Å². The van der Waals surface area contributed by atoms with Crippen LogP contribution in [0.1, 0.15) is 10.4 Å². The first-order valence-electron chi connectivity index (χ1n) is 8.24.